The lowest BCUT2D eigenvalue weighted by molar-refractivity contribution is 0.414. The number of hydrogen-bond donors (Lipinski definition) is 2. The minimum atomic E-state index is 0.618. The molecule has 2 N–H and O–H groups in total. The summed E-state index contributed by atoms with van der Waals surface area (Å²) in [5.74, 6) is 2.26. The molecular formula is C21H24N4O. The van der Waals surface area contributed by atoms with Crippen LogP contribution in [0.3, 0.4) is 0 Å². The molecule has 134 valence electrons. The Labute approximate surface area is 154 Å². The van der Waals surface area contributed by atoms with Crippen molar-refractivity contribution in [2.24, 2.45) is 0 Å². The van der Waals surface area contributed by atoms with E-state index in [2.05, 4.69) is 64.8 Å². The van der Waals surface area contributed by atoms with Gasteiger partial charge in [0.25, 0.3) is 0 Å². The molecule has 0 spiro atoms. The second-order valence-corrected chi connectivity index (χ2v) is 6.21. The average Bonchev–Trinajstić information content (AvgIpc) is 2.66. The molecule has 0 saturated carbocycles. The fraction of sp³-hybridized carbons (Fsp3) is 0.238. The van der Waals surface area contributed by atoms with Crippen LogP contribution in [0.15, 0.2) is 54.7 Å². The van der Waals surface area contributed by atoms with Gasteiger partial charge < -0.3 is 15.4 Å². The molecular weight excluding hydrogens is 324 g/mol. The van der Waals surface area contributed by atoms with Gasteiger partial charge in [-0.25, -0.2) is 4.98 Å². The Morgan fingerprint density at radius 1 is 0.962 bits per heavy atom. The highest BCUT2D eigenvalue weighted by molar-refractivity contribution is 5.58. The third-order valence-corrected chi connectivity index (χ3v) is 4.29. The van der Waals surface area contributed by atoms with E-state index in [1.807, 2.05) is 18.2 Å². The van der Waals surface area contributed by atoms with Crippen molar-refractivity contribution < 1.29 is 4.74 Å². The Hall–Kier alpha value is -3.08. The van der Waals surface area contributed by atoms with E-state index in [-0.39, 0.29) is 0 Å². The number of anilines is 3. The normalized spacial score (nSPS) is 10.4. The molecule has 0 unspecified atom stereocenters. The van der Waals surface area contributed by atoms with Gasteiger partial charge in [-0.1, -0.05) is 18.2 Å². The lowest BCUT2D eigenvalue weighted by atomic mass is 10.1. The molecule has 5 heteroatoms. The summed E-state index contributed by atoms with van der Waals surface area (Å²) < 4.78 is 5.18. The number of aromatic nitrogens is 2. The first kappa shape index (κ1) is 17.7. The highest BCUT2D eigenvalue weighted by atomic mass is 16.5. The Morgan fingerprint density at radius 2 is 1.77 bits per heavy atom. The minimum absolute atomic E-state index is 0.618. The maximum Gasteiger partial charge on any atom is 0.224 e. The summed E-state index contributed by atoms with van der Waals surface area (Å²) in [6, 6.07) is 16.2. The van der Waals surface area contributed by atoms with Crippen LogP contribution in [-0.4, -0.2) is 23.6 Å². The summed E-state index contributed by atoms with van der Waals surface area (Å²) in [6.07, 6.45) is 2.65. The molecule has 0 bridgehead atoms. The number of nitrogens with one attached hydrogen (secondary N) is 2. The topological polar surface area (TPSA) is 59.1 Å². The molecule has 2 aromatic carbocycles. The van der Waals surface area contributed by atoms with E-state index in [1.165, 1.54) is 16.7 Å². The van der Waals surface area contributed by atoms with E-state index in [1.54, 1.807) is 13.3 Å². The monoisotopic (exact) mass is 348 g/mol. The predicted octanol–water partition coefficient (Wildman–Crippen LogP) is 4.50. The Morgan fingerprint density at radius 3 is 2.50 bits per heavy atom. The molecule has 0 atom stereocenters. The molecule has 3 rings (SSSR count). The van der Waals surface area contributed by atoms with E-state index >= 15 is 0 Å². The van der Waals surface area contributed by atoms with Gasteiger partial charge in [0.1, 0.15) is 11.6 Å². The van der Waals surface area contributed by atoms with E-state index in [0.29, 0.717) is 5.95 Å². The lowest BCUT2D eigenvalue weighted by Crippen LogP contribution is -2.08. The number of methoxy groups -OCH3 is 1. The van der Waals surface area contributed by atoms with E-state index in [0.717, 1.165) is 30.2 Å². The molecule has 0 amide bonds. The standard InChI is InChI=1S/C21H24N4O/c1-15-4-7-18(14-16(15)2)24-20-11-13-23-21(25-20)22-12-10-17-5-8-19(26-3)9-6-17/h4-9,11,13-14H,10,12H2,1-3H3,(H2,22,23,24,25). The zero-order chi connectivity index (χ0) is 18.4. The molecule has 0 aliphatic carbocycles. The van der Waals surface area contributed by atoms with Gasteiger partial charge in [-0.3, -0.25) is 0 Å². The van der Waals surface area contributed by atoms with Crippen LogP contribution in [0.1, 0.15) is 16.7 Å². The zero-order valence-electron chi connectivity index (χ0n) is 15.4. The fourth-order valence-electron chi connectivity index (χ4n) is 2.59. The second kappa shape index (κ2) is 8.34. The van der Waals surface area contributed by atoms with Crippen LogP contribution in [0.2, 0.25) is 0 Å². The largest absolute Gasteiger partial charge is 0.497 e. The van der Waals surface area contributed by atoms with E-state index in [4.69, 9.17) is 4.74 Å². The van der Waals surface area contributed by atoms with Gasteiger partial charge in [-0.15, -0.1) is 0 Å². The van der Waals surface area contributed by atoms with E-state index < -0.39 is 0 Å². The van der Waals surface area contributed by atoms with Gasteiger partial charge in [-0.2, -0.15) is 4.98 Å². The van der Waals surface area contributed by atoms with Crippen LogP contribution in [0.5, 0.6) is 5.75 Å². The third kappa shape index (κ3) is 4.72. The maximum atomic E-state index is 5.18. The molecule has 3 aromatic rings. The summed E-state index contributed by atoms with van der Waals surface area (Å²) in [5, 5.41) is 6.60. The van der Waals surface area contributed by atoms with E-state index in [9.17, 15) is 0 Å². The molecule has 26 heavy (non-hydrogen) atoms. The van der Waals surface area contributed by atoms with Gasteiger partial charge >= 0.3 is 0 Å². The molecule has 5 nitrogen and oxygen atoms in total. The summed E-state index contributed by atoms with van der Waals surface area (Å²) in [7, 11) is 1.67. The van der Waals surface area contributed by atoms with Crippen molar-refractivity contribution >= 4 is 17.5 Å². The summed E-state index contributed by atoms with van der Waals surface area (Å²) in [4.78, 5) is 8.81. The van der Waals surface area contributed by atoms with Crippen molar-refractivity contribution in [3.8, 4) is 5.75 Å². The second-order valence-electron chi connectivity index (χ2n) is 6.21. The van der Waals surface area contributed by atoms with Gasteiger partial charge in [-0.05, 0) is 67.3 Å². The van der Waals surface area contributed by atoms with Gasteiger partial charge in [0.2, 0.25) is 5.95 Å². The SMILES string of the molecule is COc1ccc(CCNc2nccc(Nc3ccc(C)c(C)c3)n2)cc1. The molecule has 0 fully saturated rings. The first-order valence-corrected chi connectivity index (χ1v) is 8.68. The number of ether oxygens (including phenoxy) is 1. The number of hydrogen-bond acceptors (Lipinski definition) is 5. The highest BCUT2D eigenvalue weighted by Gasteiger charge is 2.02. The van der Waals surface area contributed by atoms with Gasteiger partial charge in [0, 0.05) is 18.4 Å². The average molecular weight is 348 g/mol. The molecule has 1 heterocycles. The number of aryl methyl sites for hydroxylation is 2. The quantitative estimate of drug-likeness (QED) is 0.658. The van der Waals surface area contributed by atoms with Crippen molar-refractivity contribution in [2.45, 2.75) is 20.3 Å². The van der Waals surface area contributed by atoms with Crippen molar-refractivity contribution in [3.05, 3.63) is 71.4 Å². The van der Waals surface area contributed by atoms with Crippen LogP contribution in [0, 0.1) is 13.8 Å². The Kier molecular flexibility index (Phi) is 5.69. The first-order valence-electron chi connectivity index (χ1n) is 8.68. The minimum Gasteiger partial charge on any atom is -0.497 e. The first-order chi connectivity index (χ1) is 12.6. The predicted molar refractivity (Wildman–Crippen MR) is 106 cm³/mol. The maximum absolute atomic E-state index is 5.18. The third-order valence-electron chi connectivity index (χ3n) is 4.29. The summed E-state index contributed by atoms with van der Waals surface area (Å²) >= 11 is 0. The van der Waals surface area contributed by atoms with Crippen LogP contribution in [0.25, 0.3) is 0 Å². The lowest BCUT2D eigenvalue weighted by Gasteiger charge is -2.10. The molecule has 1 aromatic heterocycles. The zero-order valence-corrected chi connectivity index (χ0v) is 15.4. The van der Waals surface area contributed by atoms with Crippen molar-refractivity contribution in [2.75, 3.05) is 24.3 Å². The van der Waals surface area contributed by atoms with Crippen molar-refractivity contribution in [3.63, 3.8) is 0 Å². The number of benzene rings is 2. The molecule has 0 saturated heterocycles. The summed E-state index contributed by atoms with van der Waals surface area (Å²) in [6.45, 7) is 4.97. The molecule has 0 aliphatic rings. The molecule has 0 aliphatic heterocycles. The Balaban J connectivity index is 1.57. The number of nitrogens with zero attached hydrogens (tertiary/aromatic N) is 2. The van der Waals surface area contributed by atoms with Crippen molar-refractivity contribution in [1.82, 2.24) is 9.97 Å². The van der Waals surface area contributed by atoms with Crippen LogP contribution >= 0.6 is 0 Å². The van der Waals surface area contributed by atoms with Crippen LogP contribution in [0.4, 0.5) is 17.5 Å². The summed E-state index contributed by atoms with van der Waals surface area (Å²) in [5.41, 5.74) is 4.79. The van der Waals surface area contributed by atoms with Crippen LogP contribution < -0.4 is 15.4 Å². The number of rotatable bonds is 7. The smallest absolute Gasteiger partial charge is 0.224 e. The fourth-order valence-corrected chi connectivity index (χ4v) is 2.59. The van der Waals surface area contributed by atoms with Crippen LogP contribution in [-0.2, 0) is 6.42 Å². The molecule has 0 radical (unpaired) electrons. The highest BCUT2D eigenvalue weighted by Crippen LogP contribution is 2.18. The Bertz CT molecular complexity index is 862. The van der Waals surface area contributed by atoms with Gasteiger partial charge in [0.05, 0.1) is 7.11 Å². The van der Waals surface area contributed by atoms with Crippen molar-refractivity contribution in [1.29, 1.82) is 0 Å². The van der Waals surface area contributed by atoms with Gasteiger partial charge in [0.15, 0.2) is 0 Å².